The van der Waals surface area contributed by atoms with E-state index in [2.05, 4.69) is 9.97 Å². The van der Waals surface area contributed by atoms with Gasteiger partial charge in [-0.1, -0.05) is 6.07 Å². The summed E-state index contributed by atoms with van der Waals surface area (Å²) in [7, 11) is 1.31. The molecule has 0 saturated carbocycles. The average molecular weight is 326 g/mol. The first kappa shape index (κ1) is 16.0. The standard InChI is InChI=1S/C18H18N2O4/c1-18(2,3)17(22)24-14-9-12-10(6-5-7-19-12)11-8-13(16(21)23-4)20-15(11)14/h5-9,20H,1-4H3. The summed E-state index contributed by atoms with van der Waals surface area (Å²) in [5.41, 5.74) is 0.880. The van der Waals surface area contributed by atoms with Crippen LogP contribution in [-0.2, 0) is 9.53 Å². The van der Waals surface area contributed by atoms with Crippen LogP contribution in [0.4, 0.5) is 0 Å². The fourth-order valence-electron chi connectivity index (χ4n) is 2.37. The van der Waals surface area contributed by atoms with Crippen LogP contribution < -0.4 is 4.74 Å². The Morgan fingerprint density at radius 1 is 1.17 bits per heavy atom. The summed E-state index contributed by atoms with van der Waals surface area (Å²) in [5.74, 6) is -0.518. The minimum absolute atomic E-state index is 0.289. The summed E-state index contributed by atoms with van der Waals surface area (Å²) in [6, 6.07) is 7.08. The molecule has 6 nitrogen and oxygen atoms in total. The number of methoxy groups -OCH3 is 1. The second kappa shape index (κ2) is 5.63. The lowest BCUT2D eigenvalue weighted by Crippen LogP contribution is -2.25. The summed E-state index contributed by atoms with van der Waals surface area (Å²) < 4.78 is 10.3. The van der Waals surface area contributed by atoms with Crippen molar-refractivity contribution in [3.63, 3.8) is 0 Å². The van der Waals surface area contributed by atoms with Crippen molar-refractivity contribution < 1.29 is 19.1 Å². The van der Waals surface area contributed by atoms with E-state index in [1.165, 1.54) is 7.11 Å². The third-order valence-electron chi connectivity index (χ3n) is 3.68. The van der Waals surface area contributed by atoms with Crippen LogP contribution in [0.5, 0.6) is 5.75 Å². The molecular formula is C18H18N2O4. The largest absolute Gasteiger partial charge is 0.464 e. The van der Waals surface area contributed by atoms with Gasteiger partial charge in [-0.05, 0) is 32.9 Å². The Bertz CT molecular complexity index is 951. The molecule has 0 aliphatic carbocycles. The van der Waals surface area contributed by atoms with Crippen LogP contribution in [0.3, 0.4) is 0 Å². The molecule has 3 rings (SSSR count). The van der Waals surface area contributed by atoms with Gasteiger partial charge in [0.15, 0.2) is 5.75 Å². The number of carbonyl (C=O) groups is 2. The predicted molar refractivity (Wildman–Crippen MR) is 90.0 cm³/mol. The topological polar surface area (TPSA) is 81.3 Å². The van der Waals surface area contributed by atoms with E-state index in [4.69, 9.17) is 9.47 Å². The summed E-state index contributed by atoms with van der Waals surface area (Å²) in [5, 5.41) is 1.60. The van der Waals surface area contributed by atoms with E-state index in [0.29, 0.717) is 16.8 Å². The van der Waals surface area contributed by atoms with Crippen LogP contribution in [0.2, 0.25) is 0 Å². The molecule has 24 heavy (non-hydrogen) atoms. The van der Waals surface area contributed by atoms with Gasteiger partial charge in [-0.2, -0.15) is 0 Å². The molecule has 1 aromatic carbocycles. The molecule has 0 saturated heterocycles. The van der Waals surface area contributed by atoms with E-state index in [9.17, 15) is 9.59 Å². The highest BCUT2D eigenvalue weighted by Crippen LogP contribution is 2.34. The van der Waals surface area contributed by atoms with Gasteiger partial charge < -0.3 is 14.5 Å². The summed E-state index contributed by atoms with van der Waals surface area (Å²) in [6.07, 6.45) is 1.66. The maximum absolute atomic E-state index is 12.3. The van der Waals surface area contributed by atoms with Gasteiger partial charge in [0.25, 0.3) is 0 Å². The Labute approximate surface area is 138 Å². The number of ether oxygens (including phenoxy) is 2. The Morgan fingerprint density at radius 2 is 1.92 bits per heavy atom. The fraction of sp³-hybridized carbons (Fsp3) is 0.278. The Balaban J connectivity index is 2.24. The van der Waals surface area contributed by atoms with E-state index in [-0.39, 0.29) is 11.7 Å². The molecule has 0 fully saturated rings. The molecule has 0 aliphatic heterocycles. The zero-order chi connectivity index (χ0) is 17.5. The molecule has 0 radical (unpaired) electrons. The van der Waals surface area contributed by atoms with Crippen molar-refractivity contribution in [1.29, 1.82) is 0 Å². The van der Waals surface area contributed by atoms with Gasteiger partial charge in [-0.15, -0.1) is 0 Å². The number of rotatable bonds is 2. The number of carbonyl (C=O) groups excluding carboxylic acids is 2. The first-order valence-corrected chi connectivity index (χ1v) is 7.52. The summed E-state index contributed by atoms with van der Waals surface area (Å²) >= 11 is 0. The molecule has 2 aromatic heterocycles. The number of nitrogens with zero attached hydrogens (tertiary/aromatic N) is 1. The molecule has 3 aromatic rings. The van der Waals surface area contributed by atoms with E-state index >= 15 is 0 Å². The lowest BCUT2D eigenvalue weighted by molar-refractivity contribution is -0.142. The molecule has 0 atom stereocenters. The van der Waals surface area contributed by atoms with E-state index in [0.717, 1.165) is 10.8 Å². The molecule has 0 spiro atoms. The van der Waals surface area contributed by atoms with Crippen molar-refractivity contribution in [2.75, 3.05) is 7.11 Å². The van der Waals surface area contributed by atoms with Crippen molar-refractivity contribution in [2.24, 2.45) is 5.41 Å². The monoisotopic (exact) mass is 326 g/mol. The lowest BCUT2D eigenvalue weighted by atomic mass is 9.97. The Kier molecular flexibility index (Phi) is 3.75. The van der Waals surface area contributed by atoms with Crippen molar-refractivity contribution in [3.8, 4) is 5.75 Å². The van der Waals surface area contributed by atoms with Gasteiger partial charge in [-0.3, -0.25) is 9.78 Å². The van der Waals surface area contributed by atoms with E-state index < -0.39 is 11.4 Å². The predicted octanol–water partition coefficient (Wildman–Crippen LogP) is 3.45. The lowest BCUT2D eigenvalue weighted by Gasteiger charge is -2.17. The molecule has 0 bridgehead atoms. The highest BCUT2D eigenvalue weighted by atomic mass is 16.5. The van der Waals surface area contributed by atoms with Crippen molar-refractivity contribution in [3.05, 3.63) is 36.2 Å². The van der Waals surface area contributed by atoms with Gasteiger partial charge in [0, 0.05) is 23.0 Å². The summed E-state index contributed by atoms with van der Waals surface area (Å²) in [6.45, 7) is 5.33. The normalized spacial score (nSPS) is 11.7. The van der Waals surface area contributed by atoms with E-state index in [1.807, 2.05) is 12.1 Å². The summed E-state index contributed by atoms with van der Waals surface area (Å²) in [4.78, 5) is 31.4. The maximum atomic E-state index is 12.3. The quantitative estimate of drug-likeness (QED) is 0.576. The van der Waals surface area contributed by atoms with Crippen molar-refractivity contribution in [2.45, 2.75) is 20.8 Å². The second-order valence-electron chi connectivity index (χ2n) is 6.55. The number of pyridine rings is 1. The number of H-pyrrole nitrogens is 1. The number of nitrogens with one attached hydrogen (secondary N) is 1. The van der Waals surface area contributed by atoms with Crippen LogP contribution >= 0.6 is 0 Å². The van der Waals surface area contributed by atoms with Crippen molar-refractivity contribution in [1.82, 2.24) is 9.97 Å². The number of fused-ring (bicyclic) bond motifs is 3. The highest BCUT2D eigenvalue weighted by molar-refractivity contribution is 6.11. The third kappa shape index (κ3) is 2.71. The van der Waals surface area contributed by atoms with Gasteiger partial charge in [0.2, 0.25) is 0 Å². The molecular weight excluding hydrogens is 308 g/mol. The number of hydrogen-bond acceptors (Lipinski definition) is 5. The highest BCUT2D eigenvalue weighted by Gasteiger charge is 2.25. The molecule has 0 amide bonds. The molecule has 0 unspecified atom stereocenters. The van der Waals surface area contributed by atoms with Crippen LogP contribution in [0.15, 0.2) is 30.5 Å². The third-order valence-corrected chi connectivity index (χ3v) is 3.68. The molecule has 6 heteroatoms. The number of benzene rings is 1. The molecule has 0 aliphatic rings. The van der Waals surface area contributed by atoms with Gasteiger partial charge in [0.1, 0.15) is 5.69 Å². The van der Waals surface area contributed by atoms with Gasteiger partial charge in [0.05, 0.1) is 23.6 Å². The van der Waals surface area contributed by atoms with Crippen LogP contribution in [0, 0.1) is 5.41 Å². The minimum Gasteiger partial charge on any atom is -0.464 e. The van der Waals surface area contributed by atoms with Gasteiger partial charge in [-0.25, -0.2) is 4.79 Å². The maximum Gasteiger partial charge on any atom is 0.354 e. The molecule has 124 valence electrons. The smallest absolute Gasteiger partial charge is 0.354 e. The average Bonchev–Trinajstić information content (AvgIpc) is 2.99. The van der Waals surface area contributed by atoms with Crippen molar-refractivity contribution >= 4 is 33.7 Å². The van der Waals surface area contributed by atoms with E-state index in [1.54, 1.807) is 39.1 Å². The first-order chi connectivity index (χ1) is 11.3. The number of esters is 2. The number of hydrogen-bond donors (Lipinski definition) is 1. The molecule has 2 heterocycles. The van der Waals surface area contributed by atoms with Crippen LogP contribution in [-0.4, -0.2) is 29.0 Å². The second-order valence-corrected chi connectivity index (χ2v) is 6.55. The zero-order valence-electron chi connectivity index (χ0n) is 14.0. The zero-order valence-corrected chi connectivity index (χ0v) is 14.0. The Hall–Kier alpha value is -2.89. The van der Waals surface area contributed by atoms with Gasteiger partial charge >= 0.3 is 11.9 Å². The SMILES string of the molecule is COC(=O)c1cc2c([nH]1)c(OC(=O)C(C)(C)C)cc1ncccc12. The fourth-order valence-corrected chi connectivity index (χ4v) is 2.37. The minimum atomic E-state index is -0.650. The number of aromatic amines is 1. The van der Waals surface area contributed by atoms with Crippen LogP contribution in [0.25, 0.3) is 21.8 Å². The molecule has 1 N–H and O–H groups in total. The Morgan fingerprint density at radius 3 is 2.58 bits per heavy atom. The number of aromatic nitrogens is 2. The van der Waals surface area contributed by atoms with Crippen LogP contribution in [0.1, 0.15) is 31.3 Å². The first-order valence-electron chi connectivity index (χ1n) is 7.52.